The second-order valence-electron chi connectivity index (χ2n) is 1.83. The second-order valence-corrected chi connectivity index (χ2v) is 1.83. The summed E-state index contributed by atoms with van der Waals surface area (Å²) in [4.78, 5) is 18.2. The zero-order chi connectivity index (χ0) is 8.81. The van der Waals surface area contributed by atoms with E-state index in [9.17, 15) is 4.79 Å². The average molecular weight is 162 g/mol. The molecule has 0 saturated carbocycles. The molecule has 1 rings (SSSR count). The molecule has 0 aromatic carbocycles. The van der Waals surface area contributed by atoms with Crippen molar-refractivity contribution in [3.63, 3.8) is 0 Å². The maximum absolute atomic E-state index is 10.5. The van der Waals surface area contributed by atoms with Crippen LogP contribution < -0.4 is 0 Å². The number of hydrogen-bond donors (Lipinski definition) is 0. The summed E-state index contributed by atoms with van der Waals surface area (Å²) in [6.07, 6.45) is 4.50. The predicted molar refractivity (Wildman–Crippen MR) is 40.9 cm³/mol. The molecule has 0 aliphatic rings. The van der Waals surface area contributed by atoms with Crippen LogP contribution in [0.4, 0.5) is 0 Å². The van der Waals surface area contributed by atoms with Crippen molar-refractivity contribution in [2.75, 3.05) is 7.11 Å². The van der Waals surface area contributed by atoms with Crippen LogP contribution in [0.15, 0.2) is 18.6 Å². The Bertz CT molecular complexity index is 324. The molecule has 12 heavy (non-hydrogen) atoms. The summed E-state index contributed by atoms with van der Waals surface area (Å²) in [5, 5.41) is 0. The van der Waals surface area contributed by atoms with E-state index in [2.05, 4.69) is 26.5 Å². The highest BCUT2D eigenvalue weighted by Crippen LogP contribution is 1.84. The Hall–Kier alpha value is -1.89. The smallest absolute Gasteiger partial charge is 0.384 e. The van der Waals surface area contributed by atoms with Gasteiger partial charge in [0.1, 0.15) is 5.69 Å². The maximum Gasteiger partial charge on any atom is 0.384 e. The second kappa shape index (κ2) is 4.09. The lowest BCUT2D eigenvalue weighted by Crippen LogP contribution is -1.94. The van der Waals surface area contributed by atoms with E-state index in [0.29, 0.717) is 5.69 Å². The van der Waals surface area contributed by atoms with Crippen LogP contribution in [0.3, 0.4) is 0 Å². The minimum Gasteiger partial charge on any atom is -0.459 e. The average Bonchev–Trinajstić information content (AvgIpc) is 2.16. The molecule has 0 unspecified atom stereocenters. The van der Waals surface area contributed by atoms with Crippen molar-refractivity contribution in [2.45, 2.75) is 0 Å². The van der Waals surface area contributed by atoms with Gasteiger partial charge in [0.05, 0.1) is 13.3 Å². The van der Waals surface area contributed by atoms with Gasteiger partial charge in [-0.05, 0) is 5.92 Å². The normalized spacial score (nSPS) is 8.08. The lowest BCUT2D eigenvalue weighted by molar-refractivity contribution is -0.133. The van der Waals surface area contributed by atoms with E-state index >= 15 is 0 Å². The molecule has 60 valence electrons. The number of aromatic nitrogens is 2. The summed E-state index contributed by atoms with van der Waals surface area (Å²) in [6.45, 7) is 0. The maximum atomic E-state index is 10.5. The van der Waals surface area contributed by atoms with Crippen molar-refractivity contribution in [1.29, 1.82) is 0 Å². The third kappa shape index (κ3) is 2.39. The number of esters is 1. The first-order chi connectivity index (χ1) is 5.83. The lowest BCUT2D eigenvalue weighted by atomic mass is 10.4. The Morgan fingerprint density at radius 2 is 2.42 bits per heavy atom. The summed E-state index contributed by atoms with van der Waals surface area (Å²) in [7, 11) is 1.27. The Kier molecular flexibility index (Phi) is 2.79. The molecule has 0 atom stereocenters. The van der Waals surface area contributed by atoms with Gasteiger partial charge in [0, 0.05) is 18.3 Å². The molecule has 0 aliphatic carbocycles. The fraction of sp³-hybridized carbons (Fsp3) is 0.125. The van der Waals surface area contributed by atoms with Crippen molar-refractivity contribution in [3.8, 4) is 11.8 Å². The fourth-order valence-electron chi connectivity index (χ4n) is 0.530. The molecule has 0 N–H and O–H groups in total. The van der Waals surface area contributed by atoms with Crippen LogP contribution in [0.1, 0.15) is 5.69 Å². The van der Waals surface area contributed by atoms with Gasteiger partial charge in [-0.25, -0.2) is 9.78 Å². The molecule has 0 radical (unpaired) electrons. The lowest BCUT2D eigenvalue weighted by Gasteiger charge is -1.85. The number of hydrogen-bond acceptors (Lipinski definition) is 4. The van der Waals surface area contributed by atoms with E-state index in [4.69, 9.17) is 0 Å². The minimum atomic E-state index is -0.583. The largest absolute Gasteiger partial charge is 0.459 e. The Balaban J connectivity index is 2.74. The van der Waals surface area contributed by atoms with Gasteiger partial charge in [-0.1, -0.05) is 0 Å². The molecule has 0 spiro atoms. The molecule has 0 saturated heterocycles. The topological polar surface area (TPSA) is 52.1 Å². The minimum absolute atomic E-state index is 0.447. The summed E-state index contributed by atoms with van der Waals surface area (Å²) in [5.41, 5.74) is 0.447. The Morgan fingerprint density at radius 1 is 1.58 bits per heavy atom. The van der Waals surface area contributed by atoms with Gasteiger partial charge in [0.2, 0.25) is 0 Å². The van der Waals surface area contributed by atoms with Gasteiger partial charge < -0.3 is 4.74 Å². The van der Waals surface area contributed by atoms with Gasteiger partial charge in [-0.3, -0.25) is 4.98 Å². The van der Waals surface area contributed by atoms with E-state index in [1.165, 1.54) is 25.7 Å². The van der Waals surface area contributed by atoms with Crippen LogP contribution >= 0.6 is 0 Å². The quantitative estimate of drug-likeness (QED) is 0.398. The third-order valence-corrected chi connectivity index (χ3v) is 1.04. The molecular weight excluding hydrogens is 156 g/mol. The summed E-state index contributed by atoms with van der Waals surface area (Å²) in [5.74, 6) is 4.15. The number of rotatable bonds is 0. The van der Waals surface area contributed by atoms with Gasteiger partial charge in [-0.15, -0.1) is 0 Å². The third-order valence-electron chi connectivity index (χ3n) is 1.04. The van der Waals surface area contributed by atoms with E-state index in [1.54, 1.807) is 0 Å². The molecule has 4 heteroatoms. The van der Waals surface area contributed by atoms with Crippen LogP contribution in [-0.4, -0.2) is 23.0 Å². The Morgan fingerprint density at radius 3 is 3.00 bits per heavy atom. The molecule has 0 bridgehead atoms. The first kappa shape index (κ1) is 8.21. The van der Waals surface area contributed by atoms with Gasteiger partial charge in [0.15, 0.2) is 0 Å². The summed E-state index contributed by atoms with van der Waals surface area (Å²) >= 11 is 0. The zero-order valence-electron chi connectivity index (χ0n) is 6.44. The number of methoxy groups -OCH3 is 1. The van der Waals surface area contributed by atoms with E-state index in [-0.39, 0.29) is 0 Å². The predicted octanol–water partition coefficient (Wildman–Crippen LogP) is 0.00110. The molecule has 1 aromatic rings. The highest BCUT2D eigenvalue weighted by Gasteiger charge is 1.90. The van der Waals surface area contributed by atoms with Crippen LogP contribution in [0.5, 0.6) is 0 Å². The van der Waals surface area contributed by atoms with E-state index < -0.39 is 5.97 Å². The van der Waals surface area contributed by atoms with Crippen LogP contribution in [0.25, 0.3) is 0 Å². The molecule has 0 fully saturated rings. The van der Waals surface area contributed by atoms with Gasteiger partial charge in [0.25, 0.3) is 0 Å². The summed E-state index contributed by atoms with van der Waals surface area (Å²) in [6, 6.07) is 0. The number of carbonyl (C=O) groups excluding carboxylic acids is 1. The van der Waals surface area contributed by atoms with Crippen molar-refractivity contribution in [3.05, 3.63) is 24.3 Å². The van der Waals surface area contributed by atoms with Crippen LogP contribution in [0.2, 0.25) is 0 Å². The van der Waals surface area contributed by atoms with Crippen molar-refractivity contribution in [2.24, 2.45) is 0 Å². The van der Waals surface area contributed by atoms with Crippen LogP contribution in [0, 0.1) is 11.8 Å². The van der Waals surface area contributed by atoms with Crippen molar-refractivity contribution >= 4 is 5.97 Å². The SMILES string of the molecule is COC(=O)C#Cc1cnccn1. The number of nitrogens with zero attached hydrogens (tertiary/aromatic N) is 2. The fourth-order valence-corrected chi connectivity index (χ4v) is 0.530. The highest BCUT2D eigenvalue weighted by molar-refractivity contribution is 5.88. The van der Waals surface area contributed by atoms with Crippen molar-refractivity contribution < 1.29 is 9.53 Å². The molecular formula is C8H6N2O2. The standard InChI is InChI=1S/C8H6N2O2/c1-12-8(11)3-2-7-6-9-4-5-10-7/h4-6H,1H3. The van der Waals surface area contributed by atoms with Gasteiger partial charge in [-0.2, -0.15) is 0 Å². The molecule has 1 aromatic heterocycles. The number of ether oxygens (including phenoxy) is 1. The first-order valence-electron chi connectivity index (χ1n) is 3.19. The van der Waals surface area contributed by atoms with Gasteiger partial charge >= 0.3 is 5.97 Å². The molecule has 0 aliphatic heterocycles. The molecule has 4 nitrogen and oxygen atoms in total. The van der Waals surface area contributed by atoms with E-state index in [1.807, 2.05) is 0 Å². The van der Waals surface area contributed by atoms with Crippen LogP contribution in [-0.2, 0) is 9.53 Å². The zero-order valence-corrected chi connectivity index (χ0v) is 6.44. The monoisotopic (exact) mass is 162 g/mol. The first-order valence-corrected chi connectivity index (χ1v) is 3.19. The highest BCUT2D eigenvalue weighted by atomic mass is 16.5. The molecule has 0 amide bonds. The Labute approximate surface area is 69.6 Å². The molecule has 1 heterocycles. The van der Waals surface area contributed by atoms with Crippen molar-refractivity contribution in [1.82, 2.24) is 9.97 Å². The van der Waals surface area contributed by atoms with E-state index in [0.717, 1.165) is 0 Å². The number of carbonyl (C=O) groups is 1. The summed E-state index contributed by atoms with van der Waals surface area (Å²) < 4.78 is 4.31.